The van der Waals surface area contributed by atoms with Crippen LogP contribution in [0.2, 0.25) is 15.1 Å². The Balaban J connectivity index is 2.33. The van der Waals surface area contributed by atoms with Gasteiger partial charge in [0.05, 0.1) is 0 Å². The van der Waals surface area contributed by atoms with E-state index in [9.17, 15) is 0 Å². The van der Waals surface area contributed by atoms with Crippen LogP contribution in [0.25, 0.3) is 6.08 Å². The normalized spacial score (nSPS) is 9.61. The molecule has 0 aliphatic carbocycles. The van der Waals surface area contributed by atoms with Crippen LogP contribution >= 0.6 is 34.8 Å². The van der Waals surface area contributed by atoms with Gasteiger partial charge in [-0.3, -0.25) is 0 Å². The minimum Gasteiger partial charge on any atom is -0.488 e. The van der Waals surface area contributed by atoms with Gasteiger partial charge in [0.15, 0.2) is 0 Å². The first kappa shape index (κ1) is 17.2. The van der Waals surface area contributed by atoms with Crippen molar-refractivity contribution in [3.8, 4) is 17.9 Å². The Labute approximate surface area is 148 Å². The maximum atomic E-state index is 8.88. The minimum atomic E-state index is -0.0482. The molecule has 114 valence electrons. The standard InChI is InChI=1S/C17H9Cl3N2O/c18-13-4-5-17(12(7-13)6-11(8-21)9-22)23-10-14-15(19)2-1-3-16(14)20/h1-7H,10H2. The van der Waals surface area contributed by atoms with E-state index in [1.165, 1.54) is 6.08 Å². The van der Waals surface area contributed by atoms with E-state index in [-0.39, 0.29) is 12.2 Å². The maximum absolute atomic E-state index is 8.88. The third kappa shape index (κ3) is 4.41. The third-order valence-corrected chi connectivity index (χ3v) is 3.89. The Hall–Kier alpha value is -2.17. The molecule has 0 saturated heterocycles. The van der Waals surface area contributed by atoms with E-state index in [4.69, 9.17) is 50.1 Å². The average molecular weight is 364 g/mol. The number of rotatable bonds is 4. The van der Waals surface area contributed by atoms with Crippen LogP contribution in [0.1, 0.15) is 11.1 Å². The van der Waals surface area contributed by atoms with E-state index in [0.717, 1.165) is 0 Å². The smallest absolute Gasteiger partial charge is 0.130 e. The fourth-order valence-electron chi connectivity index (χ4n) is 1.83. The van der Waals surface area contributed by atoms with Crippen LogP contribution < -0.4 is 4.74 Å². The second-order valence-electron chi connectivity index (χ2n) is 4.45. The van der Waals surface area contributed by atoms with Crippen LogP contribution in [0.5, 0.6) is 5.75 Å². The van der Waals surface area contributed by atoms with Crippen molar-refractivity contribution in [3.05, 3.63) is 68.2 Å². The molecule has 23 heavy (non-hydrogen) atoms. The molecule has 0 aromatic heterocycles. The zero-order valence-corrected chi connectivity index (χ0v) is 14.0. The highest BCUT2D eigenvalue weighted by atomic mass is 35.5. The van der Waals surface area contributed by atoms with Crippen LogP contribution in [-0.2, 0) is 6.61 Å². The van der Waals surface area contributed by atoms with Gasteiger partial charge in [0.1, 0.15) is 30.1 Å². The van der Waals surface area contributed by atoms with Crippen LogP contribution in [0.3, 0.4) is 0 Å². The van der Waals surface area contributed by atoms with Gasteiger partial charge in [0, 0.05) is 26.2 Å². The number of allylic oxidation sites excluding steroid dienone is 1. The Bertz CT molecular complexity index is 812. The topological polar surface area (TPSA) is 56.8 Å². The summed E-state index contributed by atoms with van der Waals surface area (Å²) in [7, 11) is 0. The molecular weight excluding hydrogens is 355 g/mol. The minimum absolute atomic E-state index is 0.0482. The van der Waals surface area contributed by atoms with Crippen molar-refractivity contribution in [2.75, 3.05) is 0 Å². The SMILES string of the molecule is N#CC(C#N)=Cc1cc(Cl)ccc1OCc1c(Cl)cccc1Cl. The Kier molecular flexibility index (Phi) is 5.90. The van der Waals surface area contributed by atoms with E-state index in [1.54, 1.807) is 48.5 Å². The van der Waals surface area contributed by atoms with Crippen molar-refractivity contribution in [2.24, 2.45) is 0 Å². The van der Waals surface area contributed by atoms with Crippen LogP contribution in [0.15, 0.2) is 42.0 Å². The van der Waals surface area contributed by atoms with E-state index in [1.807, 2.05) is 0 Å². The number of hydrogen-bond acceptors (Lipinski definition) is 3. The molecule has 3 nitrogen and oxygen atoms in total. The van der Waals surface area contributed by atoms with Gasteiger partial charge in [-0.15, -0.1) is 0 Å². The molecule has 0 unspecified atom stereocenters. The summed E-state index contributed by atoms with van der Waals surface area (Å²) in [5, 5.41) is 19.2. The first-order valence-electron chi connectivity index (χ1n) is 6.42. The van der Waals surface area contributed by atoms with E-state index >= 15 is 0 Å². The van der Waals surface area contributed by atoms with Gasteiger partial charge in [0.25, 0.3) is 0 Å². The molecule has 0 aliphatic rings. The van der Waals surface area contributed by atoms with Gasteiger partial charge in [-0.25, -0.2) is 0 Å². The quantitative estimate of drug-likeness (QED) is 0.659. The summed E-state index contributed by atoms with van der Waals surface area (Å²) >= 11 is 18.2. The third-order valence-electron chi connectivity index (χ3n) is 2.95. The van der Waals surface area contributed by atoms with E-state index < -0.39 is 0 Å². The fraction of sp³-hybridized carbons (Fsp3) is 0.0588. The molecule has 0 fully saturated rings. The predicted octanol–water partition coefficient (Wildman–Crippen LogP) is 5.66. The Morgan fingerprint density at radius 3 is 2.30 bits per heavy atom. The number of halogens is 3. The van der Waals surface area contributed by atoms with Crippen molar-refractivity contribution >= 4 is 40.9 Å². The summed E-state index contributed by atoms with van der Waals surface area (Å²) in [6.45, 7) is 0.148. The lowest BCUT2D eigenvalue weighted by atomic mass is 10.1. The van der Waals surface area contributed by atoms with Crippen LogP contribution in [0, 0.1) is 22.7 Å². The summed E-state index contributed by atoms with van der Waals surface area (Å²) in [5.41, 5.74) is 1.13. The summed E-state index contributed by atoms with van der Waals surface area (Å²) in [6.07, 6.45) is 1.41. The number of nitriles is 2. The van der Waals surface area contributed by atoms with Gasteiger partial charge in [-0.05, 0) is 36.4 Å². The van der Waals surface area contributed by atoms with Crippen molar-refractivity contribution in [3.63, 3.8) is 0 Å². The van der Waals surface area contributed by atoms with Gasteiger partial charge in [-0.1, -0.05) is 40.9 Å². The molecule has 2 aromatic rings. The molecule has 0 saturated carbocycles. The molecular formula is C17H9Cl3N2O. The molecule has 6 heteroatoms. The van der Waals surface area contributed by atoms with Crippen molar-refractivity contribution in [1.29, 1.82) is 10.5 Å². The van der Waals surface area contributed by atoms with Crippen molar-refractivity contribution < 1.29 is 4.74 Å². The monoisotopic (exact) mass is 362 g/mol. The van der Waals surface area contributed by atoms with Crippen LogP contribution in [0.4, 0.5) is 0 Å². The molecule has 0 bridgehead atoms. The Morgan fingerprint density at radius 2 is 1.70 bits per heavy atom. The molecule has 0 N–H and O–H groups in total. The molecule has 0 atom stereocenters. The van der Waals surface area contributed by atoms with Crippen molar-refractivity contribution in [1.82, 2.24) is 0 Å². The highest BCUT2D eigenvalue weighted by molar-refractivity contribution is 6.36. The number of benzene rings is 2. The van der Waals surface area contributed by atoms with Crippen molar-refractivity contribution in [2.45, 2.75) is 6.61 Å². The van der Waals surface area contributed by atoms with Gasteiger partial charge in [-0.2, -0.15) is 10.5 Å². The van der Waals surface area contributed by atoms with E-state index in [0.29, 0.717) is 31.9 Å². The lowest BCUT2D eigenvalue weighted by molar-refractivity contribution is 0.306. The first-order chi connectivity index (χ1) is 11.0. The molecule has 2 rings (SSSR count). The number of hydrogen-bond donors (Lipinski definition) is 0. The predicted molar refractivity (Wildman–Crippen MR) is 91.4 cm³/mol. The second-order valence-corrected chi connectivity index (χ2v) is 5.70. The summed E-state index contributed by atoms with van der Waals surface area (Å²) in [6, 6.07) is 13.7. The van der Waals surface area contributed by atoms with E-state index in [2.05, 4.69) is 0 Å². The Morgan fingerprint density at radius 1 is 1.04 bits per heavy atom. The average Bonchev–Trinajstić information content (AvgIpc) is 2.53. The molecule has 0 aliphatic heterocycles. The largest absolute Gasteiger partial charge is 0.488 e. The van der Waals surface area contributed by atoms with Gasteiger partial charge in [0.2, 0.25) is 0 Å². The molecule has 0 radical (unpaired) electrons. The lowest BCUT2D eigenvalue weighted by Gasteiger charge is -2.12. The van der Waals surface area contributed by atoms with Crippen LogP contribution in [-0.4, -0.2) is 0 Å². The number of ether oxygens (including phenoxy) is 1. The summed E-state index contributed by atoms with van der Waals surface area (Å²) in [4.78, 5) is 0. The number of nitrogens with zero attached hydrogens (tertiary/aromatic N) is 2. The molecule has 0 heterocycles. The maximum Gasteiger partial charge on any atom is 0.130 e. The highest BCUT2D eigenvalue weighted by Crippen LogP contribution is 2.29. The fourth-order valence-corrected chi connectivity index (χ4v) is 2.52. The first-order valence-corrected chi connectivity index (χ1v) is 7.55. The van der Waals surface area contributed by atoms with Gasteiger partial charge >= 0.3 is 0 Å². The molecule has 0 spiro atoms. The second kappa shape index (κ2) is 7.90. The molecule has 0 amide bonds. The van der Waals surface area contributed by atoms with Gasteiger partial charge < -0.3 is 4.74 Å². The zero-order chi connectivity index (χ0) is 16.8. The zero-order valence-electron chi connectivity index (χ0n) is 11.7. The summed E-state index contributed by atoms with van der Waals surface area (Å²) < 4.78 is 5.74. The lowest BCUT2D eigenvalue weighted by Crippen LogP contribution is -1.99. The molecule has 2 aromatic carbocycles. The highest BCUT2D eigenvalue weighted by Gasteiger charge is 2.09. The summed E-state index contributed by atoms with van der Waals surface area (Å²) in [5.74, 6) is 0.466.